The number of nitrogens with one attached hydrogen (secondary N) is 2. The Kier molecular flexibility index (Phi) is 7.74. The van der Waals surface area contributed by atoms with Crippen LogP contribution in [0.5, 0.6) is 0 Å². The minimum Gasteiger partial charge on any atom is -0.391 e. The number of benzene rings is 1. The van der Waals surface area contributed by atoms with Crippen molar-refractivity contribution in [2.75, 3.05) is 5.32 Å². The van der Waals surface area contributed by atoms with E-state index in [1.165, 1.54) is 13.8 Å². The van der Waals surface area contributed by atoms with Gasteiger partial charge in [-0.05, 0) is 66.5 Å². The molecule has 4 rings (SSSR count). The van der Waals surface area contributed by atoms with Crippen LogP contribution in [-0.2, 0) is 16.1 Å². The Labute approximate surface area is 221 Å². The van der Waals surface area contributed by atoms with Crippen LogP contribution in [0.15, 0.2) is 59.6 Å². The first kappa shape index (κ1) is 26.1. The molecule has 3 N–H and O–H groups in total. The number of carbonyl (C=O) groups excluding carboxylic acids is 3. The molecule has 2 amide bonds. The lowest BCUT2D eigenvalue weighted by molar-refractivity contribution is -0.129. The average Bonchev–Trinajstić information content (AvgIpc) is 3.20. The third-order valence-corrected chi connectivity index (χ3v) is 6.18. The number of ketones is 1. The highest BCUT2D eigenvalue weighted by molar-refractivity contribution is 9.10. The molecule has 11 heteroatoms. The molecule has 37 heavy (non-hydrogen) atoms. The van der Waals surface area contributed by atoms with Crippen LogP contribution in [0, 0.1) is 6.92 Å². The molecule has 0 fully saturated rings. The zero-order valence-electron chi connectivity index (χ0n) is 20.4. The van der Waals surface area contributed by atoms with Crippen LogP contribution in [-0.4, -0.2) is 54.4 Å². The van der Waals surface area contributed by atoms with E-state index in [0.29, 0.717) is 26.9 Å². The number of aliphatic hydroxyl groups is 1. The topological polar surface area (TPSA) is 139 Å². The van der Waals surface area contributed by atoms with Gasteiger partial charge in [-0.1, -0.05) is 12.1 Å². The predicted molar refractivity (Wildman–Crippen MR) is 142 cm³/mol. The second kappa shape index (κ2) is 11.0. The van der Waals surface area contributed by atoms with Gasteiger partial charge in [-0.2, -0.15) is 0 Å². The van der Waals surface area contributed by atoms with Gasteiger partial charge >= 0.3 is 0 Å². The highest BCUT2D eigenvalue weighted by atomic mass is 79.9. The number of hydrogen-bond acceptors (Lipinski definition) is 7. The van der Waals surface area contributed by atoms with Crippen molar-refractivity contribution in [2.45, 2.75) is 39.5 Å². The fraction of sp³-hybridized carbons (Fsp3) is 0.231. The summed E-state index contributed by atoms with van der Waals surface area (Å²) >= 11 is 3.23. The molecule has 0 aliphatic carbocycles. The van der Waals surface area contributed by atoms with Gasteiger partial charge in [-0.25, -0.2) is 15.0 Å². The summed E-state index contributed by atoms with van der Waals surface area (Å²) < 4.78 is 2.17. The second-order valence-electron chi connectivity index (χ2n) is 8.60. The molecule has 0 bridgehead atoms. The number of rotatable bonds is 8. The van der Waals surface area contributed by atoms with Crippen molar-refractivity contribution in [3.8, 4) is 11.1 Å². The molecule has 0 saturated heterocycles. The quantitative estimate of drug-likeness (QED) is 0.220. The Balaban J connectivity index is 1.56. The van der Waals surface area contributed by atoms with E-state index >= 15 is 0 Å². The first-order valence-electron chi connectivity index (χ1n) is 11.5. The third-order valence-electron chi connectivity index (χ3n) is 5.74. The molecule has 4 aromatic rings. The van der Waals surface area contributed by atoms with Crippen molar-refractivity contribution in [2.24, 2.45) is 0 Å². The van der Waals surface area contributed by atoms with Crippen molar-refractivity contribution in [3.05, 3.63) is 71.0 Å². The van der Waals surface area contributed by atoms with Gasteiger partial charge < -0.3 is 20.3 Å². The Bertz CT molecular complexity index is 1480. The highest BCUT2D eigenvalue weighted by Crippen LogP contribution is 2.28. The van der Waals surface area contributed by atoms with Crippen molar-refractivity contribution >= 4 is 50.2 Å². The molecule has 3 heterocycles. The maximum Gasteiger partial charge on any atom is 0.250 e. The van der Waals surface area contributed by atoms with Crippen LogP contribution in [0.25, 0.3) is 22.0 Å². The number of Topliss-reactive ketones (excluding diaryl/α,β-unsaturated/α-hetero) is 1. The fourth-order valence-electron chi connectivity index (χ4n) is 3.89. The van der Waals surface area contributed by atoms with E-state index in [4.69, 9.17) is 0 Å². The molecule has 0 radical (unpaired) electrons. The molecule has 0 unspecified atom stereocenters. The van der Waals surface area contributed by atoms with E-state index in [2.05, 4.69) is 41.5 Å². The summed E-state index contributed by atoms with van der Waals surface area (Å²) in [5.41, 5.74) is 2.78. The Morgan fingerprint density at radius 1 is 1.11 bits per heavy atom. The smallest absolute Gasteiger partial charge is 0.250 e. The molecule has 0 saturated carbocycles. The summed E-state index contributed by atoms with van der Waals surface area (Å²) in [5.74, 6) is -0.337. The molecule has 3 aromatic heterocycles. The van der Waals surface area contributed by atoms with Gasteiger partial charge in [-0.15, -0.1) is 0 Å². The monoisotopic (exact) mass is 564 g/mol. The highest BCUT2D eigenvalue weighted by Gasteiger charge is 2.26. The molecule has 0 aliphatic rings. The standard InChI is InChI=1S/C26H25BrN6O4/c1-14(34)20-12-33(21-8-7-17(9-19(20)21)18-10-28-16(3)29-11-18)13-24(36)32-25(15(2)35)26(37)31-23-6-4-5-22(27)30-23/h4-12,15,25,35H,13H2,1-3H3,(H,32,36)(H,30,31,37)/t15-,25+/m1/s1. The van der Waals surface area contributed by atoms with Crippen molar-refractivity contribution in [1.29, 1.82) is 0 Å². The fourth-order valence-corrected chi connectivity index (χ4v) is 4.23. The predicted octanol–water partition coefficient (Wildman–Crippen LogP) is 3.27. The normalized spacial score (nSPS) is 12.7. The maximum atomic E-state index is 12.9. The number of hydrogen-bond donors (Lipinski definition) is 3. The van der Waals surface area contributed by atoms with Gasteiger partial charge in [0.1, 0.15) is 28.8 Å². The zero-order chi connectivity index (χ0) is 26.7. The summed E-state index contributed by atoms with van der Waals surface area (Å²) in [7, 11) is 0. The molecular weight excluding hydrogens is 540 g/mol. The van der Waals surface area contributed by atoms with E-state index < -0.39 is 24.0 Å². The summed E-state index contributed by atoms with van der Waals surface area (Å²) in [6.45, 7) is 4.51. The van der Waals surface area contributed by atoms with Gasteiger partial charge in [0, 0.05) is 40.6 Å². The zero-order valence-corrected chi connectivity index (χ0v) is 22.0. The number of anilines is 1. The number of amides is 2. The molecule has 190 valence electrons. The van der Waals surface area contributed by atoms with Crippen molar-refractivity contribution in [3.63, 3.8) is 0 Å². The summed E-state index contributed by atoms with van der Waals surface area (Å²) in [6.07, 6.45) is 3.88. The van der Waals surface area contributed by atoms with E-state index in [1.807, 2.05) is 18.2 Å². The Hall–Kier alpha value is -3.96. The van der Waals surface area contributed by atoms with E-state index in [-0.39, 0.29) is 18.1 Å². The SMILES string of the molecule is CC(=O)c1cn(CC(=O)N[C@H](C(=O)Nc2cccc(Br)n2)[C@@H](C)O)c2ccc(-c3cnc(C)nc3)cc12. The van der Waals surface area contributed by atoms with Crippen LogP contribution in [0.1, 0.15) is 30.0 Å². The van der Waals surface area contributed by atoms with E-state index in [1.54, 1.807) is 48.3 Å². The number of aryl methyl sites for hydroxylation is 1. The molecule has 0 aliphatic heterocycles. The van der Waals surface area contributed by atoms with Gasteiger partial charge in [0.2, 0.25) is 5.91 Å². The number of aromatic nitrogens is 4. The van der Waals surface area contributed by atoms with Crippen molar-refractivity contribution in [1.82, 2.24) is 24.8 Å². The largest absolute Gasteiger partial charge is 0.391 e. The summed E-state index contributed by atoms with van der Waals surface area (Å²) in [5, 5.41) is 16.0. The van der Waals surface area contributed by atoms with Crippen LogP contribution in [0.3, 0.4) is 0 Å². The Morgan fingerprint density at radius 3 is 2.49 bits per heavy atom. The van der Waals surface area contributed by atoms with Gasteiger partial charge in [0.15, 0.2) is 5.78 Å². The molecule has 1 aromatic carbocycles. The van der Waals surface area contributed by atoms with E-state index in [9.17, 15) is 19.5 Å². The third kappa shape index (κ3) is 6.07. The van der Waals surface area contributed by atoms with Gasteiger partial charge in [-0.3, -0.25) is 14.4 Å². The number of aliphatic hydroxyl groups excluding tert-OH is 1. The number of halogens is 1. The van der Waals surface area contributed by atoms with Gasteiger partial charge in [0.05, 0.1) is 6.10 Å². The first-order chi connectivity index (χ1) is 17.6. The maximum absolute atomic E-state index is 12.9. The summed E-state index contributed by atoms with van der Waals surface area (Å²) in [4.78, 5) is 50.6. The summed E-state index contributed by atoms with van der Waals surface area (Å²) in [6, 6.07) is 9.34. The van der Waals surface area contributed by atoms with Crippen LogP contribution >= 0.6 is 15.9 Å². The minimum atomic E-state index is -1.21. The van der Waals surface area contributed by atoms with Crippen LogP contribution < -0.4 is 10.6 Å². The van der Waals surface area contributed by atoms with Crippen LogP contribution in [0.4, 0.5) is 5.82 Å². The number of nitrogens with zero attached hydrogens (tertiary/aromatic N) is 4. The molecule has 2 atom stereocenters. The first-order valence-corrected chi connectivity index (χ1v) is 12.3. The van der Waals surface area contributed by atoms with E-state index in [0.717, 1.165) is 11.1 Å². The lowest BCUT2D eigenvalue weighted by Crippen LogP contribution is -2.51. The number of fused-ring (bicyclic) bond motifs is 1. The lowest BCUT2D eigenvalue weighted by Gasteiger charge is -2.21. The van der Waals surface area contributed by atoms with Crippen LogP contribution in [0.2, 0.25) is 0 Å². The minimum absolute atomic E-state index is 0.149. The van der Waals surface area contributed by atoms with Crippen molar-refractivity contribution < 1.29 is 19.5 Å². The Morgan fingerprint density at radius 2 is 1.84 bits per heavy atom. The number of carbonyl (C=O) groups is 3. The second-order valence-corrected chi connectivity index (χ2v) is 9.41. The number of pyridine rings is 1. The molecular formula is C26H25BrN6O4. The molecule has 0 spiro atoms. The average molecular weight is 565 g/mol. The molecule has 10 nitrogen and oxygen atoms in total. The van der Waals surface area contributed by atoms with Gasteiger partial charge in [0.25, 0.3) is 5.91 Å². The lowest BCUT2D eigenvalue weighted by atomic mass is 10.0.